The van der Waals surface area contributed by atoms with Gasteiger partial charge in [0, 0.05) is 50.7 Å². The third-order valence-electron chi connectivity index (χ3n) is 9.20. The van der Waals surface area contributed by atoms with Crippen LogP contribution in [0.1, 0.15) is 83.9 Å². The van der Waals surface area contributed by atoms with Gasteiger partial charge in [0.1, 0.15) is 0 Å². The minimum Gasteiger partial charge on any atom is -0.438 e. The number of benzene rings is 3. The standard InChI is InChI=1S/C38H40N6O4/c45-37(47-33-25-31(29-14-3-1-4-15-29)43-22-20-39-35(33)43)41-18-8-12-27-10-7-11-28(24-27)13-9-19-42-38(46)48-34-26-32(30-16-5-2-6-17-30)44-23-21-40-36(34)44/h1-7,10-11,14-17,20-24,31-34H,8-9,12-13,18-19,25-26H2,(H,41,45)(H,42,46)/t31-,32-,33-,34-/m0/s1. The van der Waals surface area contributed by atoms with Crippen molar-refractivity contribution in [3.8, 4) is 0 Å². The second kappa shape index (κ2) is 14.6. The van der Waals surface area contributed by atoms with E-state index in [9.17, 15) is 9.59 Å². The van der Waals surface area contributed by atoms with Crippen molar-refractivity contribution in [2.75, 3.05) is 13.1 Å². The molecule has 2 aromatic heterocycles. The quantitative estimate of drug-likeness (QED) is 0.144. The van der Waals surface area contributed by atoms with Crippen molar-refractivity contribution in [3.05, 3.63) is 144 Å². The molecule has 2 aliphatic heterocycles. The Bertz CT molecular complexity index is 1690. The molecule has 4 heterocycles. The van der Waals surface area contributed by atoms with Crippen LogP contribution in [0.15, 0.2) is 110 Å². The van der Waals surface area contributed by atoms with E-state index in [2.05, 4.69) is 78.3 Å². The van der Waals surface area contributed by atoms with Crippen molar-refractivity contribution in [2.24, 2.45) is 0 Å². The summed E-state index contributed by atoms with van der Waals surface area (Å²) in [6, 6.07) is 29.1. The van der Waals surface area contributed by atoms with E-state index in [0.717, 1.165) is 37.3 Å². The van der Waals surface area contributed by atoms with E-state index in [0.29, 0.717) is 25.9 Å². The first-order chi connectivity index (χ1) is 23.6. The van der Waals surface area contributed by atoms with E-state index in [4.69, 9.17) is 9.47 Å². The van der Waals surface area contributed by atoms with E-state index >= 15 is 0 Å². The molecule has 5 aromatic rings. The molecule has 0 aliphatic carbocycles. The van der Waals surface area contributed by atoms with Gasteiger partial charge in [-0.25, -0.2) is 19.6 Å². The minimum atomic E-state index is -0.419. The van der Waals surface area contributed by atoms with E-state index in [1.165, 1.54) is 22.3 Å². The fourth-order valence-electron chi connectivity index (χ4n) is 6.91. The van der Waals surface area contributed by atoms with Gasteiger partial charge < -0.3 is 29.2 Å². The van der Waals surface area contributed by atoms with Gasteiger partial charge in [0.05, 0.1) is 12.1 Å². The van der Waals surface area contributed by atoms with Crippen LogP contribution in [-0.2, 0) is 22.3 Å². The molecule has 10 nitrogen and oxygen atoms in total. The zero-order valence-corrected chi connectivity index (χ0v) is 26.8. The maximum absolute atomic E-state index is 12.6. The number of nitrogens with one attached hydrogen (secondary N) is 2. The molecule has 48 heavy (non-hydrogen) atoms. The van der Waals surface area contributed by atoms with Crippen LogP contribution in [0, 0.1) is 0 Å². The molecule has 0 saturated heterocycles. The highest BCUT2D eigenvalue weighted by atomic mass is 16.6. The first-order valence-electron chi connectivity index (χ1n) is 16.7. The van der Waals surface area contributed by atoms with Gasteiger partial charge in [-0.05, 0) is 47.9 Å². The van der Waals surface area contributed by atoms with Gasteiger partial charge in [-0.3, -0.25) is 0 Å². The summed E-state index contributed by atoms with van der Waals surface area (Å²) in [7, 11) is 0. The van der Waals surface area contributed by atoms with Crippen molar-refractivity contribution in [3.63, 3.8) is 0 Å². The van der Waals surface area contributed by atoms with Gasteiger partial charge in [0.25, 0.3) is 0 Å². The lowest BCUT2D eigenvalue weighted by molar-refractivity contribution is 0.0940. The van der Waals surface area contributed by atoms with E-state index < -0.39 is 12.2 Å². The van der Waals surface area contributed by atoms with Crippen LogP contribution in [0.4, 0.5) is 9.59 Å². The molecule has 2 amide bonds. The summed E-state index contributed by atoms with van der Waals surface area (Å²) in [5.41, 5.74) is 4.77. The lowest BCUT2D eigenvalue weighted by Gasteiger charge is -2.14. The summed E-state index contributed by atoms with van der Waals surface area (Å²) in [6.07, 6.45) is 10.4. The number of hydrogen-bond donors (Lipinski definition) is 2. The predicted molar refractivity (Wildman–Crippen MR) is 180 cm³/mol. The minimum absolute atomic E-state index is 0.106. The highest BCUT2D eigenvalue weighted by Gasteiger charge is 2.36. The summed E-state index contributed by atoms with van der Waals surface area (Å²) >= 11 is 0. The Morgan fingerprint density at radius 1 is 0.646 bits per heavy atom. The number of nitrogens with zero attached hydrogens (tertiary/aromatic N) is 4. The molecule has 3 aromatic carbocycles. The monoisotopic (exact) mass is 644 g/mol. The Kier molecular flexibility index (Phi) is 9.49. The Labute approximate surface area is 280 Å². The largest absolute Gasteiger partial charge is 0.438 e. The smallest absolute Gasteiger partial charge is 0.407 e. The van der Waals surface area contributed by atoms with Crippen molar-refractivity contribution < 1.29 is 19.1 Å². The van der Waals surface area contributed by atoms with E-state index in [1.54, 1.807) is 12.4 Å². The van der Waals surface area contributed by atoms with Crippen LogP contribution in [0.2, 0.25) is 0 Å². The Hall–Kier alpha value is -5.38. The average molecular weight is 645 g/mol. The van der Waals surface area contributed by atoms with Gasteiger partial charge in [0.15, 0.2) is 23.9 Å². The molecule has 2 N–H and O–H groups in total. The number of aryl methyl sites for hydroxylation is 2. The van der Waals surface area contributed by atoms with Crippen LogP contribution in [0.3, 0.4) is 0 Å². The average Bonchev–Trinajstić information content (AvgIpc) is 3.91. The molecule has 0 unspecified atom stereocenters. The van der Waals surface area contributed by atoms with E-state index in [1.807, 2.05) is 48.8 Å². The highest BCUT2D eigenvalue weighted by molar-refractivity contribution is 5.68. The van der Waals surface area contributed by atoms with Gasteiger partial charge >= 0.3 is 12.2 Å². The van der Waals surface area contributed by atoms with Gasteiger partial charge in [-0.2, -0.15) is 0 Å². The number of amides is 2. The van der Waals surface area contributed by atoms with Gasteiger partial charge in [0.2, 0.25) is 0 Å². The third kappa shape index (κ3) is 7.12. The van der Waals surface area contributed by atoms with Crippen LogP contribution in [0.5, 0.6) is 0 Å². The fraction of sp³-hybridized carbons (Fsp3) is 0.316. The fourth-order valence-corrected chi connectivity index (χ4v) is 6.91. The van der Waals surface area contributed by atoms with Crippen molar-refractivity contribution in [1.29, 1.82) is 0 Å². The van der Waals surface area contributed by atoms with Crippen LogP contribution < -0.4 is 10.6 Å². The summed E-state index contributed by atoms with van der Waals surface area (Å²) in [6.45, 7) is 1.04. The molecule has 10 heteroatoms. The van der Waals surface area contributed by atoms with E-state index in [-0.39, 0.29) is 24.3 Å². The van der Waals surface area contributed by atoms with Crippen LogP contribution in [-0.4, -0.2) is 44.4 Å². The summed E-state index contributed by atoms with van der Waals surface area (Å²) in [5, 5.41) is 5.82. The van der Waals surface area contributed by atoms with Crippen molar-refractivity contribution >= 4 is 12.2 Å². The number of carbonyl (C=O) groups is 2. The number of rotatable bonds is 12. The second-order valence-electron chi connectivity index (χ2n) is 12.4. The number of ether oxygens (including phenoxy) is 2. The second-order valence-corrected chi connectivity index (χ2v) is 12.4. The lowest BCUT2D eigenvalue weighted by Crippen LogP contribution is -2.27. The number of alkyl carbamates (subject to hydrolysis) is 2. The third-order valence-corrected chi connectivity index (χ3v) is 9.20. The first kappa shape index (κ1) is 31.2. The summed E-state index contributed by atoms with van der Waals surface area (Å²) in [4.78, 5) is 34.2. The maximum Gasteiger partial charge on any atom is 0.407 e. The highest BCUT2D eigenvalue weighted by Crippen LogP contribution is 2.40. The number of fused-ring (bicyclic) bond motifs is 2. The maximum atomic E-state index is 12.6. The molecule has 0 saturated carbocycles. The van der Waals surface area contributed by atoms with Crippen LogP contribution >= 0.6 is 0 Å². The number of hydrogen-bond acceptors (Lipinski definition) is 6. The zero-order valence-electron chi connectivity index (χ0n) is 26.8. The van der Waals surface area contributed by atoms with Crippen LogP contribution in [0.25, 0.3) is 0 Å². The first-order valence-corrected chi connectivity index (χ1v) is 16.7. The summed E-state index contributed by atoms with van der Waals surface area (Å²) in [5.74, 6) is 1.56. The van der Waals surface area contributed by atoms with Gasteiger partial charge in [-0.15, -0.1) is 0 Å². The van der Waals surface area contributed by atoms with Crippen molar-refractivity contribution in [2.45, 2.75) is 62.8 Å². The number of carbonyl (C=O) groups excluding carboxylic acids is 2. The molecule has 4 atom stereocenters. The summed E-state index contributed by atoms with van der Waals surface area (Å²) < 4.78 is 15.8. The lowest BCUT2D eigenvalue weighted by atomic mass is 10.0. The Morgan fingerprint density at radius 2 is 1.10 bits per heavy atom. The molecule has 246 valence electrons. The molecule has 0 spiro atoms. The van der Waals surface area contributed by atoms with Gasteiger partial charge in [-0.1, -0.05) is 84.9 Å². The Balaban J connectivity index is 0.802. The SMILES string of the molecule is O=C(NCCCc1cccc(CCCNC(=O)O[C@H]2C[C@@H](c3ccccc3)n3ccnc32)c1)O[C@H]1C[C@@H](c2ccccc2)n2ccnc21. The number of imidazole rings is 2. The molecule has 0 bridgehead atoms. The zero-order chi connectivity index (χ0) is 32.7. The Morgan fingerprint density at radius 3 is 1.56 bits per heavy atom. The molecule has 0 fully saturated rings. The predicted octanol–water partition coefficient (Wildman–Crippen LogP) is 6.87. The number of aromatic nitrogens is 4. The molecular formula is C38H40N6O4. The topological polar surface area (TPSA) is 112 Å². The molecule has 2 aliphatic rings. The molecular weight excluding hydrogens is 604 g/mol. The normalized spacial score (nSPS) is 19.3. The molecule has 7 rings (SSSR count). The van der Waals surface area contributed by atoms with Crippen molar-refractivity contribution in [1.82, 2.24) is 29.7 Å². The molecule has 0 radical (unpaired) electrons.